The van der Waals surface area contributed by atoms with Crippen molar-refractivity contribution in [3.8, 4) is 0 Å². The largest absolute Gasteiger partial charge is 0.416 e. The van der Waals surface area contributed by atoms with Gasteiger partial charge >= 0.3 is 6.18 Å². The quantitative estimate of drug-likeness (QED) is 0.696. The Labute approximate surface area is 151 Å². The SMILES string of the molecule is O=c1c2ccccc2nc2n1[C@H](CSc1cccc(C(F)(F)F)c1)CN2. The van der Waals surface area contributed by atoms with Gasteiger partial charge in [0.1, 0.15) is 0 Å². The van der Waals surface area contributed by atoms with Gasteiger partial charge in [0.15, 0.2) is 0 Å². The Bertz CT molecular complexity index is 1030. The normalized spacial score (nSPS) is 16.5. The van der Waals surface area contributed by atoms with E-state index in [4.69, 9.17) is 0 Å². The first kappa shape index (κ1) is 17.0. The first-order valence-electron chi connectivity index (χ1n) is 7.99. The van der Waals surface area contributed by atoms with Crippen LogP contribution in [0.4, 0.5) is 19.1 Å². The number of para-hydroxylation sites is 1. The molecular weight excluding hydrogens is 363 g/mol. The van der Waals surface area contributed by atoms with Gasteiger partial charge in [0.25, 0.3) is 5.56 Å². The van der Waals surface area contributed by atoms with Crippen molar-refractivity contribution in [2.24, 2.45) is 0 Å². The molecule has 1 aliphatic rings. The van der Waals surface area contributed by atoms with Crippen molar-refractivity contribution in [3.05, 3.63) is 64.4 Å². The first-order valence-corrected chi connectivity index (χ1v) is 8.97. The maximum atomic E-state index is 12.8. The van der Waals surface area contributed by atoms with Gasteiger partial charge in [-0.3, -0.25) is 9.36 Å². The van der Waals surface area contributed by atoms with E-state index < -0.39 is 11.7 Å². The fraction of sp³-hybridized carbons (Fsp3) is 0.222. The van der Waals surface area contributed by atoms with Gasteiger partial charge in [-0.05, 0) is 30.3 Å². The minimum atomic E-state index is -4.36. The summed E-state index contributed by atoms with van der Waals surface area (Å²) in [6.45, 7) is 0.518. The molecule has 2 heterocycles. The standard InChI is InChI=1S/C18H14F3N3OS/c19-18(20,21)11-4-3-5-13(8-11)26-10-12-9-22-17-23-15-7-2-1-6-14(15)16(25)24(12)17/h1-8,12H,9-10H2,(H,22,23)/t12-/m0/s1. The van der Waals surface area contributed by atoms with Crippen LogP contribution in [0.25, 0.3) is 10.9 Å². The molecule has 8 heteroatoms. The van der Waals surface area contributed by atoms with Crippen LogP contribution in [0.1, 0.15) is 11.6 Å². The second-order valence-corrected chi connectivity index (χ2v) is 7.09. The number of fused-ring (bicyclic) bond motifs is 2. The lowest BCUT2D eigenvalue weighted by molar-refractivity contribution is -0.137. The highest BCUT2D eigenvalue weighted by Crippen LogP contribution is 2.33. The number of benzene rings is 2. The molecule has 134 valence electrons. The van der Waals surface area contributed by atoms with Gasteiger partial charge in [-0.25, -0.2) is 4.98 Å². The smallest absolute Gasteiger partial charge is 0.353 e. The number of aromatic nitrogens is 2. The molecule has 2 aromatic carbocycles. The molecule has 4 rings (SSSR count). The molecule has 1 aliphatic heterocycles. The van der Waals surface area contributed by atoms with Crippen LogP contribution in [0.15, 0.2) is 58.2 Å². The van der Waals surface area contributed by atoms with E-state index in [0.29, 0.717) is 34.0 Å². The Morgan fingerprint density at radius 1 is 1.19 bits per heavy atom. The highest BCUT2D eigenvalue weighted by atomic mass is 32.2. The number of halogens is 3. The molecule has 26 heavy (non-hydrogen) atoms. The van der Waals surface area contributed by atoms with Crippen molar-refractivity contribution in [2.75, 3.05) is 17.6 Å². The Kier molecular flexibility index (Phi) is 4.14. The molecule has 1 aromatic heterocycles. The molecule has 0 spiro atoms. The monoisotopic (exact) mass is 377 g/mol. The van der Waals surface area contributed by atoms with E-state index >= 15 is 0 Å². The number of rotatable bonds is 3. The highest BCUT2D eigenvalue weighted by Gasteiger charge is 2.31. The summed E-state index contributed by atoms with van der Waals surface area (Å²) in [5, 5.41) is 3.65. The second-order valence-electron chi connectivity index (χ2n) is 6.00. The number of anilines is 1. The summed E-state index contributed by atoms with van der Waals surface area (Å²) in [6, 6.07) is 12.2. The zero-order chi connectivity index (χ0) is 18.3. The Balaban J connectivity index is 1.59. The molecule has 4 nitrogen and oxygen atoms in total. The lowest BCUT2D eigenvalue weighted by atomic mass is 10.2. The molecule has 0 aliphatic carbocycles. The number of thioether (sulfide) groups is 1. The zero-order valence-corrected chi connectivity index (χ0v) is 14.3. The van der Waals surface area contributed by atoms with Crippen molar-refractivity contribution in [3.63, 3.8) is 0 Å². The molecular formula is C18H14F3N3OS. The average molecular weight is 377 g/mol. The van der Waals surface area contributed by atoms with Gasteiger partial charge in [-0.1, -0.05) is 18.2 Å². The number of nitrogens with zero attached hydrogens (tertiary/aromatic N) is 2. The van der Waals surface area contributed by atoms with Crippen molar-refractivity contribution in [2.45, 2.75) is 17.1 Å². The lowest BCUT2D eigenvalue weighted by Crippen LogP contribution is -2.24. The fourth-order valence-electron chi connectivity index (χ4n) is 3.00. The van der Waals surface area contributed by atoms with E-state index in [-0.39, 0.29) is 11.6 Å². The topological polar surface area (TPSA) is 46.9 Å². The molecule has 0 bridgehead atoms. The molecule has 0 saturated heterocycles. The van der Waals surface area contributed by atoms with Crippen molar-refractivity contribution in [1.29, 1.82) is 0 Å². The van der Waals surface area contributed by atoms with Gasteiger partial charge in [0.2, 0.25) is 5.95 Å². The van der Waals surface area contributed by atoms with E-state index in [1.54, 1.807) is 28.8 Å². The number of alkyl halides is 3. The summed E-state index contributed by atoms with van der Waals surface area (Å²) in [5.74, 6) is 0.977. The minimum absolute atomic E-state index is 0.134. The third-order valence-electron chi connectivity index (χ3n) is 4.27. The summed E-state index contributed by atoms with van der Waals surface area (Å²) in [4.78, 5) is 17.7. The predicted octanol–water partition coefficient (Wildman–Crippen LogP) is 4.17. The van der Waals surface area contributed by atoms with Crippen LogP contribution in [-0.2, 0) is 6.18 Å². The van der Waals surface area contributed by atoms with Crippen molar-refractivity contribution >= 4 is 28.6 Å². The zero-order valence-electron chi connectivity index (χ0n) is 13.5. The van der Waals surface area contributed by atoms with E-state index in [1.807, 2.05) is 6.07 Å². The van der Waals surface area contributed by atoms with Gasteiger partial charge in [-0.15, -0.1) is 11.8 Å². The summed E-state index contributed by atoms with van der Waals surface area (Å²) in [7, 11) is 0. The number of nitrogens with one attached hydrogen (secondary N) is 1. The second kappa shape index (κ2) is 6.35. The van der Waals surface area contributed by atoms with Crippen molar-refractivity contribution < 1.29 is 13.2 Å². The fourth-order valence-corrected chi connectivity index (χ4v) is 4.03. The van der Waals surface area contributed by atoms with E-state index in [9.17, 15) is 18.0 Å². The van der Waals surface area contributed by atoms with E-state index in [0.717, 1.165) is 12.1 Å². The molecule has 0 radical (unpaired) electrons. The third-order valence-corrected chi connectivity index (χ3v) is 5.41. The highest BCUT2D eigenvalue weighted by molar-refractivity contribution is 7.99. The van der Waals surface area contributed by atoms with Crippen LogP contribution < -0.4 is 10.9 Å². The minimum Gasteiger partial charge on any atom is -0.353 e. The third kappa shape index (κ3) is 3.05. The van der Waals surface area contributed by atoms with Crippen LogP contribution in [0.5, 0.6) is 0 Å². The molecule has 0 unspecified atom stereocenters. The Hall–Kier alpha value is -2.48. The molecule has 0 fully saturated rings. The Morgan fingerprint density at radius 2 is 2.00 bits per heavy atom. The summed E-state index contributed by atoms with van der Waals surface area (Å²) in [5.41, 5.74) is -0.176. The number of hydrogen-bond donors (Lipinski definition) is 1. The maximum absolute atomic E-state index is 12.8. The first-order chi connectivity index (χ1) is 12.4. The van der Waals surface area contributed by atoms with Gasteiger partial charge < -0.3 is 5.32 Å². The van der Waals surface area contributed by atoms with Gasteiger partial charge in [0.05, 0.1) is 22.5 Å². The van der Waals surface area contributed by atoms with E-state index in [1.165, 1.54) is 17.8 Å². The molecule has 0 saturated carbocycles. The van der Waals surface area contributed by atoms with Crippen molar-refractivity contribution in [1.82, 2.24) is 9.55 Å². The van der Waals surface area contributed by atoms with Gasteiger partial charge in [-0.2, -0.15) is 13.2 Å². The van der Waals surface area contributed by atoms with Crippen LogP contribution in [0.3, 0.4) is 0 Å². The average Bonchev–Trinajstić information content (AvgIpc) is 3.03. The van der Waals surface area contributed by atoms with Crippen LogP contribution in [0.2, 0.25) is 0 Å². The lowest BCUT2D eigenvalue weighted by Gasteiger charge is -2.13. The summed E-state index contributed by atoms with van der Waals surface area (Å²) < 4.78 is 40.1. The van der Waals surface area contributed by atoms with E-state index in [2.05, 4.69) is 10.3 Å². The summed E-state index contributed by atoms with van der Waals surface area (Å²) >= 11 is 1.30. The molecule has 1 atom stereocenters. The molecule has 0 amide bonds. The van der Waals surface area contributed by atoms with Gasteiger partial charge in [0, 0.05) is 17.2 Å². The number of hydrogen-bond acceptors (Lipinski definition) is 4. The predicted molar refractivity (Wildman–Crippen MR) is 95.7 cm³/mol. The maximum Gasteiger partial charge on any atom is 0.416 e. The molecule has 1 N–H and O–H groups in total. The molecule has 3 aromatic rings. The van der Waals surface area contributed by atoms with Crippen LogP contribution >= 0.6 is 11.8 Å². The Morgan fingerprint density at radius 3 is 2.81 bits per heavy atom. The summed E-state index contributed by atoms with van der Waals surface area (Å²) in [6.07, 6.45) is -4.36. The van der Waals surface area contributed by atoms with Crippen LogP contribution in [0, 0.1) is 0 Å². The van der Waals surface area contributed by atoms with Crippen LogP contribution in [-0.4, -0.2) is 21.8 Å².